The molecule has 1 aliphatic rings. The van der Waals surface area contributed by atoms with Gasteiger partial charge in [0.1, 0.15) is 35.5 Å². The lowest BCUT2D eigenvalue weighted by Gasteiger charge is -2.21. The molecule has 7 nitrogen and oxygen atoms in total. The van der Waals surface area contributed by atoms with Gasteiger partial charge in [0.05, 0.1) is 26.3 Å². The molecule has 0 spiro atoms. The number of rotatable bonds is 8. The van der Waals surface area contributed by atoms with Crippen molar-refractivity contribution in [3.63, 3.8) is 0 Å². The molecule has 0 saturated carbocycles. The number of nitrogens with zero attached hydrogens (tertiary/aromatic N) is 2. The number of fused-ring (bicyclic) bond motifs is 1. The van der Waals surface area contributed by atoms with Crippen molar-refractivity contribution in [2.24, 2.45) is 0 Å². The Morgan fingerprint density at radius 3 is 2.41 bits per heavy atom. The van der Waals surface area contributed by atoms with Crippen molar-refractivity contribution in [3.8, 4) is 28.4 Å². The highest BCUT2D eigenvalue weighted by Crippen LogP contribution is 2.39. The molecule has 200 valence electrons. The summed E-state index contributed by atoms with van der Waals surface area (Å²) in [5, 5.41) is 3.31. The summed E-state index contributed by atoms with van der Waals surface area (Å²) < 4.78 is 31.0. The summed E-state index contributed by atoms with van der Waals surface area (Å²) in [5.74, 6) is 2.07. The number of amides is 1. The summed E-state index contributed by atoms with van der Waals surface area (Å²) >= 11 is 0. The SMILES string of the molecule is COc1cc(CN2CCOc3c(cc(CNc4ccccn4)cc3-c3ccc(F)cc3C)C2=O)cc(OC)c1. The molecule has 2 heterocycles. The smallest absolute Gasteiger partial charge is 0.258 e. The Balaban J connectivity index is 1.54. The molecular weight excluding hydrogens is 497 g/mol. The minimum absolute atomic E-state index is 0.148. The zero-order chi connectivity index (χ0) is 27.4. The zero-order valence-electron chi connectivity index (χ0n) is 22.2. The maximum Gasteiger partial charge on any atom is 0.258 e. The van der Waals surface area contributed by atoms with Gasteiger partial charge in [-0.05, 0) is 77.7 Å². The van der Waals surface area contributed by atoms with E-state index in [2.05, 4.69) is 10.3 Å². The van der Waals surface area contributed by atoms with Crippen LogP contribution in [-0.4, -0.2) is 43.2 Å². The van der Waals surface area contributed by atoms with Crippen molar-refractivity contribution in [3.05, 3.63) is 101 Å². The lowest BCUT2D eigenvalue weighted by atomic mass is 9.94. The fourth-order valence-electron chi connectivity index (χ4n) is 4.75. The van der Waals surface area contributed by atoms with Crippen LogP contribution in [0.5, 0.6) is 17.2 Å². The molecule has 1 N–H and O–H groups in total. The van der Waals surface area contributed by atoms with E-state index in [1.165, 1.54) is 12.1 Å². The number of benzene rings is 3. The van der Waals surface area contributed by atoms with Crippen molar-refractivity contribution in [2.75, 3.05) is 32.7 Å². The van der Waals surface area contributed by atoms with Crippen LogP contribution in [0, 0.1) is 12.7 Å². The number of nitrogens with one attached hydrogen (secondary N) is 1. The summed E-state index contributed by atoms with van der Waals surface area (Å²) in [4.78, 5) is 20.1. The van der Waals surface area contributed by atoms with Gasteiger partial charge in [-0.3, -0.25) is 4.79 Å². The number of anilines is 1. The molecule has 0 aliphatic carbocycles. The normalized spacial score (nSPS) is 12.8. The highest BCUT2D eigenvalue weighted by atomic mass is 19.1. The van der Waals surface area contributed by atoms with E-state index in [1.807, 2.05) is 49.4 Å². The zero-order valence-corrected chi connectivity index (χ0v) is 22.2. The van der Waals surface area contributed by atoms with E-state index in [0.29, 0.717) is 49.1 Å². The van der Waals surface area contributed by atoms with Gasteiger partial charge in [-0.15, -0.1) is 0 Å². The number of aryl methyl sites for hydroxylation is 1. The van der Waals surface area contributed by atoms with E-state index in [-0.39, 0.29) is 11.7 Å². The summed E-state index contributed by atoms with van der Waals surface area (Å²) in [6.07, 6.45) is 1.72. The third-order valence-electron chi connectivity index (χ3n) is 6.68. The number of hydrogen-bond donors (Lipinski definition) is 1. The second-order valence-electron chi connectivity index (χ2n) is 9.34. The molecule has 8 heteroatoms. The Labute approximate surface area is 227 Å². The van der Waals surface area contributed by atoms with Gasteiger partial charge in [0.2, 0.25) is 0 Å². The topological polar surface area (TPSA) is 72.9 Å². The van der Waals surface area contributed by atoms with E-state index in [9.17, 15) is 9.18 Å². The first-order chi connectivity index (χ1) is 18.9. The maximum absolute atomic E-state index is 14.0. The first-order valence-electron chi connectivity index (χ1n) is 12.7. The minimum Gasteiger partial charge on any atom is -0.497 e. The minimum atomic E-state index is -0.313. The molecule has 0 saturated heterocycles. The van der Waals surface area contributed by atoms with E-state index < -0.39 is 0 Å². The van der Waals surface area contributed by atoms with Crippen LogP contribution in [0.2, 0.25) is 0 Å². The Hall–Kier alpha value is -4.59. The van der Waals surface area contributed by atoms with Gasteiger partial charge in [0.15, 0.2) is 0 Å². The molecule has 0 bridgehead atoms. The van der Waals surface area contributed by atoms with Crippen LogP contribution in [-0.2, 0) is 13.1 Å². The first-order valence-corrected chi connectivity index (χ1v) is 12.7. The largest absolute Gasteiger partial charge is 0.497 e. The van der Waals surface area contributed by atoms with Gasteiger partial charge in [-0.1, -0.05) is 12.1 Å². The highest BCUT2D eigenvalue weighted by molar-refractivity contribution is 6.00. The number of carbonyl (C=O) groups is 1. The molecule has 5 rings (SSSR count). The molecule has 3 aromatic carbocycles. The number of carbonyl (C=O) groups excluding carboxylic acids is 1. The lowest BCUT2D eigenvalue weighted by molar-refractivity contribution is 0.0742. The number of ether oxygens (including phenoxy) is 3. The van der Waals surface area contributed by atoms with E-state index >= 15 is 0 Å². The average Bonchev–Trinajstić information content (AvgIpc) is 3.10. The molecule has 39 heavy (non-hydrogen) atoms. The average molecular weight is 528 g/mol. The molecule has 1 aliphatic heterocycles. The molecule has 0 radical (unpaired) electrons. The molecule has 0 unspecified atom stereocenters. The first kappa shape index (κ1) is 26.0. The van der Waals surface area contributed by atoms with Crippen molar-refractivity contribution in [1.82, 2.24) is 9.88 Å². The predicted molar refractivity (Wildman–Crippen MR) is 148 cm³/mol. The van der Waals surface area contributed by atoms with Gasteiger partial charge in [0.25, 0.3) is 5.91 Å². The second kappa shape index (κ2) is 11.4. The van der Waals surface area contributed by atoms with Crippen LogP contribution in [0.3, 0.4) is 0 Å². The molecule has 1 amide bonds. The second-order valence-corrected chi connectivity index (χ2v) is 9.34. The van der Waals surface area contributed by atoms with E-state index in [1.54, 1.807) is 37.4 Å². The summed E-state index contributed by atoms with van der Waals surface area (Å²) in [6.45, 7) is 3.37. The van der Waals surface area contributed by atoms with Crippen molar-refractivity contribution in [2.45, 2.75) is 20.0 Å². The standard InChI is InChI=1S/C31H30FN3O4/c1-20-12-23(32)7-8-26(20)27-15-21(18-34-29-6-4-5-9-33-29)16-28-30(27)39-11-10-35(31(28)36)19-22-13-24(37-2)17-25(14-22)38-3/h4-9,12-17H,10-11,18-19H2,1-3H3,(H,33,34). The monoisotopic (exact) mass is 527 g/mol. The fraction of sp³-hybridized carbons (Fsp3) is 0.226. The van der Waals surface area contributed by atoms with Crippen molar-refractivity contribution >= 4 is 11.7 Å². The number of halogens is 1. The van der Waals surface area contributed by atoms with E-state index in [4.69, 9.17) is 14.2 Å². The summed E-state index contributed by atoms with van der Waals surface area (Å²) in [7, 11) is 3.19. The Morgan fingerprint density at radius 2 is 1.72 bits per heavy atom. The third kappa shape index (κ3) is 5.80. The maximum atomic E-state index is 14.0. The van der Waals surface area contributed by atoms with Gasteiger partial charge in [-0.25, -0.2) is 9.37 Å². The quantitative estimate of drug-likeness (QED) is 0.310. The number of methoxy groups -OCH3 is 2. The molecule has 0 atom stereocenters. The van der Waals surface area contributed by atoms with E-state index in [0.717, 1.165) is 33.6 Å². The van der Waals surface area contributed by atoms with Gasteiger partial charge < -0.3 is 24.4 Å². The summed E-state index contributed by atoms with van der Waals surface area (Å²) in [5.41, 5.74) is 4.53. The van der Waals surface area contributed by atoms with Crippen molar-refractivity contribution in [1.29, 1.82) is 0 Å². The number of hydrogen-bond acceptors (Lipinski definition) is 6. The van der Waals surface area contributed by atoms with Crippen LogP contribution in [0.4, 0.5) is 10.2 Å². The van der Waals surface area contributed by atoms with Crippen LogP contribution < -0.4 is 19.5 Å². The van der Waals surface area contributed by atoms with Crippen LogP contribution in [0.15, 0.2) is 72.9 Å². The van der Waals surface area contributed by atoms with Crippen LogP contribution in [0.25, 0.3) is 11.1 Å². The van der Waals surface area contributed by atoms with Gasteiger partial charge in [0, 0.05) is 30.9 Å². The van der Waals surface area contributed by atoms with Crippen molar-refractivity contribution < 1.29 is 23.4 Å². The Bertz CT molecular complexity index is 1470. The number of pyridine rings is 1. The predicted octanol–water partition coefficient (Wildman–Crippen LogP) is 5.86. The lowest BCUT2D eigenvalue weighted by Crippen LogP contribution is -2.32. The third-order valence-corrected chi connectivity index (χ3v) is 6.68. The van der Waals surface area contributed by atoms with Crippen LogP contribution in [0.1, 0.15) is 27.0 Å². The van der Waals surface area contributed by atoms with Gasteiger partial charge >= 0.3 is 0 Å². The molecule has 4 aromatic rings. The Kier molecular flexibility index (Phi) is 7.63. The Morgan fingerprint density at radius 1 is 0.949 bits per heavy atom. The highest BCUT2D eigenvalue weighted by Gasteiger charge is 2.28. The fourth-order valence-corrected chi connectivity index (χ4v) is 4.75. The van der Waals surface area contributed by atoms with Crippen LogP contribution >= 0.6 is 0 Å². The number of aromatic nitrogens is 1. The van der Waals surface area contributed by atoms with Gasteiger partial charge in [-0.2, -0.15) is 0 Å². The molecule has 1 aromatic heterocycles. The molecule has 0 fully saturated rings. The molecular formula is C31H30FN3O4. The summed E-state index contributed by atoms with van der Waals surface area (Å²) in [6, 6.07) is 19.7.